The highest BCUT2D eigenvalue weighted by molar-refractivity contribution is 5.89. The van der Waals surface area contributed by atoms with Gasteiger partial charge in [0.15, 0.2) is 0 Å². The van der Waals surface area contributed by atoms with Gasteiger partial charge in [-0.2, -0.15) is 0 Å². The van der Waals surface area contributed by atoms with E-state index in [0.717, 1.165) is 0 Å². The van der Waals surface area contributed by atoms with E-state index < -0.39 is 5.97 Å². The number of carbonyl (C=O) groups is 1. The first-order valence-corrected chi connectivity index (χ1v) is 4.38. The molecule has 0 saturated heterocycles. The monoisotopic (exact) mass is 195 g/mol. The van der Waals surface area contributed by atoms with Crippen molar-refractivity contribution in [3.05, 3.63) is 29.3 Å². The third kappa shape index (κ3) is 2.03. The molecule has 4 nitrogen and oxygen atoms in total. The largest absolute Gasteiger partial charge is 0.508 e. The molecular weight excluding hydrogens is 182 g/mol. The number of aromatic carboxylic acids is 1. The Labute approximate surface area is 82.0 Å². The van der Waals surface area contributed by atoms with Crippen molar-refractivity contribution in [3.8, 4) is 5.75 Å². The first-order chi connectivity index (χ1) is 6.56. The van der Waals surface area contributed by atoms with Crippen LogP contribution in [0.15, 0.2) is 18.2 Å². The summed E-state index contributed by atoms with van der Waals surface area (Å²) >= 11 is 0. The zero-order valence-electron chi connectivity index (χ0n) is 7.90. The molecule has 1 atom stereocenters. The van der Waals surface area contributed by atoms with Crippen molar-refractivity contribution in [1.82, 2.24) is 0 Å². The molecule has 4 heteroatoms. The van der Waals surface area contributed by atoms with Gasteiger partial charge in [-0.25, -0.2) is 4.79 Å². The van der Waals surface area contributed by atoms with E-state index in [0.29, 0.717) is 12.0 Å². The van der Waals surface area contributed by atoms with Crippen LogP contribution in [0.2, 0.25) is 0 Å². The first kappa shape index (κ1) is 10.5. The minimum atomic E-state index is -1.02. The van der Waals surface area contributed by atoms with E-state index in [4.69, 9.17) is 10.8 Å². The third-order valence-electron chi connectivity index (χ3n) is 2.10. The van der Waals surface area contributed by atoms with E-state index >= 15 is 0 Å². The lowest BCUT2D eigenvalue weighted by atomic mass is 9.99. The number of phenols is 1. The highest BCUT2D eigenvalue weighted by atomic mass is 16.4. The smallest absolute Gasteiger partial charge is 0.336 e. The van der Waals surface area contributed by atoms with Crippen molar-refractivity contribution >= 4 is 5.97 Å². The number of nitrogens with two attached hydrogens (primary N) is 1. The second kappa shape index (κ2) is 4.11. The highest BCUT2D eigenvalue weighted by Gasteiger charge is 2.14. The maximum atomic E-state index is 10.8. The SMILES string of the molecule is CC[C@H](N)c1cc(O)ccc1C(=O)O. The summed E-state index contributed by atoms with van der Waals surface area (Å²) in [7, 11) is 0. The van der Waals surface area contributed by atoms with Crippen LogP contribution in [0.3, 0.4) is 0 Å². The Morgan fingerprint density at radius 2 is 2.21 bits per heavy atom. The molecule has 0 bridgehead atoms. The molecule has 1 aromatic rings. The molecule has 0 fully saturated rings. The lowest BCUT2D eigenvalue weighted by Gasteiger charge is -2.12. The molecule has 76 valence electrons. The Kier molecular flexibility index (Phi) is 3.09. The predicted octanol–water partition coefficient (Wildman–Crippen LogP) is 1.50. The Balaban J connectivity index is 3.22. The van der Waals surface area contributed by atoms with Crippen molar-refractivity contribution in [2.45, 2.75) is 19.4 Å². The van der Waals surface area contributed by atoms with Crippen LogP contribution in [0.5, 0.6) is 5.75 Å². The van der Waals surface area contributed by atoms with Crippen molar-refractivity contribution in [2.75, 3.05) is 0 Å². The Morgan fingerprint density at radius 1 is 1.57 bits per heavy atom. The van der Waals surface area contributed by atoms with Gasteiger partial charge in [-0.1, -0.05) is 6.92 Å². The number of hydrogen-bond donors (Lipinski definition) is 3. The van der Waals surface area contributed by atoms with Gasteiger partial charge >= 0.3 is 5.97 Å². The number of aromatic hydroxyl groups is 1. The Morgan fingerprint density at radius 3 is 2.71 bits per heavy atom. The maximum Gasteiger partial charge on any atom is 0.336 e. The molecule has 1 rings (SSSR count). The second-order valence-corrected chi connectivity index (χ2v) is 3.09. The third-order valence-corrected chi connectivity index (χ3v) is 2.10. The molecular formula is C10H13NO3. The Hall–Kier alpha value is -1.55. The van der Waals surface area contributed by atoms with Gasteiger partial charge in [-0.05, 0) is 30.2 Å². The molecule has 14 heavy (non-hydrogen) atoms. The molecule has 0 spiro atoms. The zero-order chi connectivity index (χ0) is 10.7. The lowest BCUT2D eigenvalue weighted by molar-refractivity contribution is 0.0695. The number of rotatable bonds is 3. The van der Waals surface area contributed by atoms with Gasteiger partial charge in [0.05, 0.1) is 5.56 Å². The van der Waals surface area contributed by atoms with Crippen LogP contribution >= 0.6 is 0 Å². The fourth-order valence-electron chi connectivity index (χ4n) is 1.27. The number of benzene rings is 1. The average molecular weight is 195 g/mol. The second-order valence-electron chi connectivity index (χ2n) is 3.09. The van der Waals surface area contributed by atoms with Crippen molar-refractivity contribution in [1.29, 1.82) is 0 Å². The van der Waals surface area contributed by atoms with Crippen LogP contribution in [-0.2, 0) is 0 Å². The maximum absolute atomic E-state index is 10.8. The van der Waals surface area contributed by atoms with Gasteiger partial charge in [0.2, 0.25) is 0 Å². The molecule has 0 aromatic heterocycles. The molecule has 0 saturated carbocycles. The van der Waals surface area contributed by atoms with E-state index in [-0.39, 0.29) is 17.4 Å². The lowest BCUT2D eigenvalue weighted by Crippen LogP contribution is -2.13. The summed E-state index contributed by atoms with van der Waals surface area (Å²) in [6.07, 6.45) is 0.629. The van der Waals surface area contributed by atoms with Crippen LogP contribution in [0.1, 0.15) is 35.3 Å². The summed E-state index contributed by atoms with van der Waals surface area (Å²) in [5, 5.41) is 18.1. The molecule has 0 heterocycles. The molecule has 0 aliphatic rings. The van der Waals surface area contributed by atoms with Gasteiger partial charge in [-0.3, -0.25) is 0 Å². The van der Waals surface area contributed by atoms with E-state index in [2.05, 4.69) is 0 Å². The number of carboxylic acids is 1. The normalized spacial score (nSPS) is 12.4. The fraction of sp³-hybridized carbons (Fsp3) is 0.300. The van der Waals surface area contributed by atoms with Crippen LogP contribution in [0.25, 0.3) is 0 Å². The molecule has 0 unspecified atom stereocenters. The number of hydrogen-bond acceptors (Lipinski definition) is 3. The van der Waals surface area contributed by atoms with Gasteiger partial charge in [0, 0.05) is 6.04 Å². The summed E-state index contributed by atoms with van der Waals surface area (Å²) in [6, 6.07) is 3.75. The number of phenolic OH excluding ortho intramolecular Hbond substituents is 1. The van der Waals surface area contributed by atoms with Crippen molar-refractivity contribution < 1.29 is 15.0 Å². The van der Waals surface area contributed by atoms with Crippen molar-refractivity contribution in [3.63, 3.8) is 0 Å². The van der Waals surface area contributed by atoms with Crippen LogP contribution in [-0.4, -0.2) is 16.2 Å². The summed E-state index contributed by atoms with van der Waals surface area (Å²) in [5.74, 6) is -0.988. The minimum Gasteiger partial charge on any atom is -0.508 e. The van der Waals surface area contributed by atoms with Crippen molar-refractivity contribution in [2.24, 2.45) is 5.73 Å². The Bertz CT molecular complexity index is 349. The van der Waals surface area contributed by atoms with Crippen LogP contribution in [0.4, 0.5) is 0 Å². The van der Waals surface area contributed by atoms with Crippen LogP contribution < -0.4 is 5.73 Å². The standard InChI is InChI=1S/C10H13NO3/c1-2-9(11)8-5-6(12)3-4-7(8)10(13)14/h3-5,9,12H,2,11H2,1H3,(H,13,14)/t9-/m0/s1. The molecule has 1 aromatic carbocycles. The first-order valence-electron chi connectivity index (χ1n) is 4.38. The summed E-state index contributed by atoms with van der Waals surface area (Å²) in [4.78, 5) is 10.8. The summed E-state index contributed by atoms with van der Waals surface area (Å²) in [6.45, 7) is 1.86. The molecule has 0 amide bonds. The number of carboxylic acid groups (broad SMARTS) is 1. The topological polar surface area (TPSA) is 83.5 Å². The van der Waals surface area contributed by atoms with E-state index in [1.165, 1.54) is 18.2 Å². The predicted molar refractivity (Wildman–Crippen MR) is 52.3 cm³/mol. The quantitative estimate of drug-likeness (QED) is 0.682. The van der Waals surface area contributed by atoms with Gasteiger partial charge in [0.1, 0.15) is 5.75 Å². The minimum absolute atomic E-state index is 0.0360. The molecule has 0 aliphatic carbocycles. The van der Waals surface area contributed by atoms with E-state index in [1.807, 2.05) is 6.92 Å². The van der Waals surface area contributed by atoms with Crippen LogP contribution in [0, 0.1) is 0 Å². The summed E-state index contributed by atoms with van der Waals surface area (Å²) < 4.78 is 0. The zero-order valence-corrected chi connectivity index (χ0v) is 7.90. The van der Waals surface area contributed by atoms with Gasteiger partial charge in [-0.15, -0.1) is 0 Å². The molecule has 0 aliphatic heterocycles. The summed E-state index contributed by atoms with van der Waals surface area (Å²) in [5.41, 5.74) is 6.35. The molecule has 4 N–H and O–H groups in total. The van der Waals surface area contributed by atoms with Gasteiger partial charge in [0.25, 0.3) is 0 Å². The average Bonchev–Trinajstić information content (AvgIpc) is 2.16. The highest BCUT2D eigenvalue weighted by Crippen LogP contribution is 2.23. The van der Waals surface area contributed by atoms with Gasteiger partial charge < -0.3 is 15.9 Å². The van der Waals surface area contributed by atoms with E-state index in [9.17, 15) is 9.90 Å². The fourth-order valence-corrected chi connectivity index (χ4v) is 1.27. The van der Waals surface area contributed by atoms with E-state index in [1.54, 1.807) is 0 Å². The molecule has 0 radical (unpaired) electrons.